The third-order valence-corrected chi connectivity index (χ3v) is 4.02. The fraction of sp³-hybridized carbons (Fsp3) is 1.00. The number of hydrogen-bond acceptors (Lipinski definition) is 1. The van der Waals surface area contributed by atoms with Crippen molar-refractivity contribution in [2.24, 2.45) is 22.2 Å². The molecule has 0 bridgehead atoms. The van der Waals surface area contributed by atoms with Crippen LogP contribution in [-0.4, -0.2) is 18.4 Å². The van der Waals surface area contributed by atoms with E-state index in [0.717, 1.165) is 6.42 Å². The molecule has 0 radical (unpaired) electrons. The van der Waals surface area contributed by atoms with Crippen molar-refractivity contribution >= 4 is 0 Å². The largest absolute Gasteiger partial charge is 0.371 e. The molecule has 0 aliphatic carbocycles. The first-order chi connectivity index (χ1) is 8.23. The molecular weight excluding hydrogens is 239 g/mol. The molecule has 1 saturated heterocycles. The third-order valence-electron chi connectivity index (χ3n) is 4.02. The lowest BCUT2D eigenvalue weighted by molar-refractivity contribution is -0.0499. The molecule has 0 spiro atoms. The Labute approximate surface area is 119 Å². The lowest BCUT2D eigenvalue weighted by Gasteiger charge is -2.35. The van der Waals surface area contributed by atoms with Gasteiger partial charge in [-0.25, -0.2) is 4.39 Å². The minimum Gasteiger partial charge on any atom is -0.371 e. The molecule has 0 N–H and O–H groups in total. The van der Waals surface area contributed by atoms with Crippen LogP contribution in [0.2, 0.25) is 0 Å². The molecule has 1 unspecified atom stereocenters. The van der Waals surface area contributed by atoms with Crippen LogP contribution in [-0.2, 0) is 4.74 Å². The predicted octanol–water partition coefficient (Wildman–Crippen LogP) is 5.24. The van der Waals surface area contributed by atoms with Gasteiger partial charge in [-0.3, -0.25) is 0 Å². The van der Waals surface area contributed by atoms with Crippen molar-refractivity contribution < 1.29 is 9.13 Å². The van der Waals surface area contributed by atoms with Crippen LogP contribution in [0.1, 0.15) is 68.7 Å². The van der Waals surface area contributed by atoms with Gasteiger partial charge in [0, 0.05) is 5.92 Å². The predicted molar refractivity (Wildman–Crippen MR) is 80.0 cm³/mol. The third kappa shape index (κ3) is 4.18. The fourth-order valence-corrected chi connectivity index (χ4v) is 3.24. The molecule has 2 heteroatoms. The number of rotatable bonds is 1. The normalized spacial score (nSPS) is 33.8. The average Bonchev–Trinajstić information content (AvgIpc) is 2.36. The molecule has 1 nitrogen and oxygen atoms in total. The van der Waals surface area contributed by atoms with Crippen LogP contribution in [0.25, 0.3) is 0 Å². The number of hydrogen-bond donors (Lipinski definition) is 0. The molecule has 1 aliphatic rings. The molecule has 0 aromatic carbocycles. The summed E-state index contributed by atoms with van der Waals surface area (Å²) >= 11 is 0. The summed E-state index contributed by atoms with van der Waals surface area (Å²) in [6.07, 6.45) is -0.210. The summed E-state index contributed by atoms with van der Waals surface area (Å²) in [5, 5.41) is 0. The summed E-state index contributed by atoms with van der Waals surface area (Å²) in [7, 11) is 0. The molecule has 1 rings (SSSR count). The first-order valence-corrected chi connectivity index (χ1v) is 7.53. The van der Waals surface area contributed by atoms with E-state index in [4.69, 9.17) is 4.74 Å². The zero-order chi connectivity index (χ0) is 15.2. The number of ether oxygens (including phenoxy) is 1. The smallest absolute Gasteiger partial charge is 0.132 e. The van der Waals surface area contributed by atoms with E-state index in [0.29, 0.717) is 0 Å². The minimum atomic E-state index is -0.868. The maximum absolute atomic E-state index is 14.9. The maximum Gasteiger partial charge on any atom is 0.132 e. The topological polar surface area (TPSA) is 9.23 Å². The van der Waals surface area contributed by atoms with E-state index in [1.165, 1.54) is 0 Å². The van der Waals surface area contributed by atoms with Gasteiger partial charge in [0.25, 0.3) is 0 Å². The first-order valence-electron chi connectivity index (χ1n) is 7.53. The first kappa shape index (κ1) is 16.9. The van der Waals surface area contributed by atoms with E-state index < -0.39 is 6.17 Å². The second-order valence-corrected chi connectivity index (χ2v) is 9.56. The Morgan fingerprint density at radius 3 is 1.63 bits per heavy atom. The highest BCUT2D eigenvalue weighted by Crippen LogP contribution is 2.48. The van der Waals surface area contributed by atoms with Gasteiger partial charge in [-0.15, -0.1) is 0 Å². The zero-order valence-corrected chi connectivity index (χ0v) is 14.3. The van der Waals surface area contributed by atoms with Crippen LogP contribution in [0, 0.1) is 22.2 Å². The van der Waals surface area contributed by atoms with Crippen molar-refractivity contribution in [2.45, 2.75) is 87.1 Å². The van der Waals surface area contributed by atoms with Crippen LogP contribution >= 0.6 is 0 Å². The monoisotopic (exact) mass is 272 g/mol. The Bertz CT molecular complexity index is 303. The molecular formula is C17H33FO. The van der Waals surface area contributed by atoms with E-state index in [1.54, 1.807) is 0 Å². The van der Waals surface area contributed by atoms with Gasteiger partial charge in [0.15, 0.2) is 0 Å². The van der Waals surface area contributed by atoms with Gasteiger partial charge in [0.1, 0.15) is 6.17 Å². The van der Waals surface area contributed by atoms with E-state index in [2.05, 4.69) is 62.3 Å². The SMILES string of the molecule is CC(C)(C)C[C@H]1O[C@@H](C(C)(C)C)C(F)[C@H]1C(C)(C)C. The van der Waals surface area contributed by atoms with Crippen molar-refractivity contribution in [3.8, 4) is 0 Å². The molecule has 0 saturated carbocycles. The van der Waals surface area contributed by atoms with Crippen molar-refractivity contribution in [1.29, 1.82) is 0 Å². The van der Waals surface area contributed by atoms with Crippen molar-refractivity contribution in [2.75, 3.05) is 0 Å². The van der Waals surface area contributed by atoms with Gasteiger partial charge in [0.2, 0.25) is 0 Å². The molecule has 19 heavy (non-hydrogen) atoms. The minimum absolute atomic E-state index is 0.0176. The highest BCUT2D eigenvalue weighted by atomic mass is 19.1. The Hall–Kier alpha value is -0.110. The van der Waals surface area contributed by atoms with Gasteiger partial charge in [-0.2, -0.15) is 0 Å². The van der Waals surface area contributed by atoms with E-state index in [-0.39, 0.29) is 34.4 Å². The second-order valence-electron chi connectivity index (χ2n) is 9.56. The van der Waals surface area contributed by atoms with Crippen molar-refractivity contribution in [3.63, 3.8) is 0 Å². The Balaban J connectivity index is 3.02. The van der Waals surface area contributed by atoms with Crippen LogP contribution < -0.4 is 0 Å². The van der Waals surface area contributed by atoms with Crippen LogP contribution in [0.15, 0.2) is 0 Å². The molecule has 0 aromatic heterocycles. The summed E-state index contributed by atoms with van der Waals surface area (Å²) < 4.78 is 21.1. The molecule has 0 amide bonds. The molecule has 4 atom stereocenters. The fourth-order valence-electron chi connectivity index (χ4n) is 3.24. The Morgan fingerprint density at radius 2 is 1.32 bits per heavy atom. The van der Waals surface area contributed by atoms with E-state index >= 15 is 0 Å². The van der Waals surface area contributed by atoms with Gasteiger partial charge in [-0.1, -0.05) is 62.3 Å². The highest BCUT2D eigenvalue weighted by Gasteiger charge is 2.53. The van der Waals surface area contributed by atoms with E-state index in [1.807, 2.05) is 0 Å². The van der Waals surface area contributed by atoms with Crippen molar-refractivity contribution in [3.05, 3.63) is 0 Å². The summed E-state index contributed by atoms with van der Waals surface area (Å²) in [5.41, 5.74) is -0.0362. The molecule has 0 aromatic rings. The summed E-state index contributed by atoms with van der Waals surface area (Å²) in [6, 6.07) is 0. The van der Waals surface area contributed by atoms with Gasteiger partial charge < -0.3 is 4.74 Å². The molecule has 1 aliphatic heterocycles. The molecule has 1 fully saturated rings. The number of halogens is 1. The van der Waals surface area contributed by atoms with Crippen LogP contribution in [0.4, 0.5) is 4.39 Å². The summed E-state index contributed by atoms with van der Waals surface area (Å²) in [6.45, 7) is 19.2. The van der Waals surface area contributed by atoms with Crippen LogP contribution in [0.3, 0.4) is 0 Å². The van der Waals surface area contributed by atoms with Gasteiger partial charge in [0.05, 0.1) is 12.2 Å². The Morgan fingerprint density at radius 1 is 0.842 bits per heavy atom. The summed E-state index contributed by atoms with van der Waals surface area (Å²) in [5.74, 6) is -0.0176. The standard InChI is InChI=1S/C17H33FO/c1-15(2,3)10-11-12(16(4,5)6)13(18)14(19-11)17(7,8)9/h11-14H,10H2,1-9H3/t11-,12+,13?,14-/m1/s1. The second kappa shape index (κ2) is 5.02. The van der Waals surface area contributed by atoms with Crippen LogP contribution in [0.5, 0.6) is 0 Å². The number of alkyl halides is 1. The maximum atomic E-state index is 14.9. The average molecular weight is 272 g/mol. The zero-order valence-electron chi connectivity index (χ0n) is 14.3. The quantitative estimate of drug-likeness (QED) is 0.634. The highest BCUT2D eigenvalue weighted by molar-refractivity contribution is 5.00. The Kier molecular flexibility index (Phi) is 4.48. The molecule has 1 heterocycles. The lowest BCUT2D eigenvalue weighted by atomic mass is 9.70. The lowest BCUT2D eigenvalue weighted by Crippen LogP contribution is -2.39. The van der Waals surface area contributed by atoms with Gasteiger partial charge in [-0.05, 0) is 22.7 Å². The molecule has 114 valence electrons. The van der Waals surface area contributed by atoms with Gasteiger partial charge >= 0.3 is 0 Å². The van der Waals surface area contributed by atoms with E-state index in [9.17, 15) is 4.39 Å². The summed E-state index contributed by atoms with van der Waals surface area (Å²) in [4.78, 5) is 0. The van der Waals surface area contributed by atoms with Crippen molar-refractivity contribution in [1.82, 2.24) is 0 Å².